The van der Waals surface area contributed by atoms with Crippen molar-refractivity contribution in [2.75, 3.05) is 0 Å². The number of hydrogen-bond donors (Lipinski definition) is 2. The first-order valence-corrected chi connectivity index (χ1v) is 8.09. The third kappa shape index (κ3) is 2.70. The summed E-state index contributed by atoms with van der Waals surface area (Å²) in [7, 11) is 0. The molecule has 25 heavy (non-hydrogen) atoms. The van der Waals surface area contributed by atoms with Crippen molar-refractivity contribution in [1.82, 2.24) is 15.2 Å². The maximum absolute atomic E-state index is 11.9. The summed E-state index contributed by atoms with van der Waals surface area (Å²) < 4.78 is 2.23. The summed E-state index contributed by atoms with van der Waals surface area (Å²) in [6, 6.07) is 17.8. The zero-order valence-corrected chi connectivity index (χ0v) is 13.7. The van der Waals surface area contributed by atoms with Gasteiger partial charge in [0.2, 0.25) is 0 Å². The van der Waals surface area contributed by atoms with Gasteiger partial charge in [-0.05, 0) is 24.6 Å². The number of benzene rings is 2. The minimum atomic E-state index is -0.484. The van der Waals surface area contributed by atoms with Gasteiger partial charge in [-0.15, -0.1) is 0 Å². The second kappa shape index (κ2) is 5.94. The average Bonchev–Trinajstić information content (AvgIpc) is 3.07. The van der Waals surface area contributed by atoms with Crippen LogP contribution in [0.25, 0.3) is 17.0 Å². The Hall–Kier alpha value is -3.34. The Bertz CT molecular complexity index is 1020. The van der Waals surface area contributed by atoms with Gasteiger partial charge in [-0.3, -0.25) is 10.1 Å². The number of nitrogens with zero attached hydrogens (tertiary/aromatic N) is 1. The number of aromatic nitrogens is 1. The number of amides is 3. The van der Waals surface area contributed by atoms with Gasteiger partial charge < -0.3 is 9.88 Å². The quantitative estimate of drug-likeness (QED) is 0.572. The zero-order valence-electron chi connectivity index (χ0n) is 13.7. The highest BCUT2D eigenvalue weighted by Crippen LogP contribution is 2.28. The van der Waals surface area contributed by atoms with Crippen molar-refractivity contribution in [2.45, 2.75) is 13.5 Å². The minimum absolute atomic E-state index is 0.274. The first-order chi connectivity index (χ1) is 12.1. The molecule has 2 N–H and O–H groups in total. The van der Waals surface area contributed by atoms with Gasteiger partial charge in [0.05, 0.1) is 0 Å². The van der Waals surface area contributed by atoms with E-state index in [1.165, 1.54) is 5.56 Å². The molecule has 4 rings (SSSR count). The van der Waals surface area contributed by atoms with Gasteiger partial charge in [0.1, 0.15) is 5.70 Å². The lowest BCUT2D eigenvalue weighted by molar-refractivity contribution is -0.115. The second-order valence-corrected chi connectivity index (χ2v) is 6.05. The molecule has 0 aliphatic carbocycles. The van der Waals surface area contributed by atoms with Crippen LogP contribution in [0.5, 0.6) is 0 Å². The summed E-state index contributed by atoms with van der Waals surface area (Å²) in [5.41, 5.74) is 4.57. The number of carbonyl (C=O) groups is 2. The lowest BCUT2D eigenvalue weighted by atomic mass is 10.1. The molecule has 0 bridgehead atoms. The zero-order chi connectivity index (χ0) is 17.4. The van der Waals surface area contributed by atoms with E-state index in [0.717, 1.165) is 28.7 Å². The Morgan fingerprint density at radius 3 is 2.40 bits per heavy atom. The van der Waals surface area contributed by atoms with E-state index < -0.39 is 11.9 Å². The SMILES string of the molecule is Cc1c(/C=C2/NC(=O)NC2=O)c2ccccc2n1Cc1ccccc1. The van der Waals surface area contributed by atoms with Crippen LogP contribution in [0.15, 0.2) is 60.3 Å². The van der Waals surface area contributed by atoms with E-state index >= 15 is 0 Å². The molecule has 0 atom stereocenters. The van der Waals surface area contributed by atoms with E-state index in [1.807, 2.05) is 43.3 Å². The highest BCUT2D eigenvalue weighted by molar-refractivity contribution is 6.14. The topological polar surface area (TPSA) is 63.1 Å². The number of hydrogen-bond acceptors (Lipinski definition) is 2. The van der Waals surface area contributed by atoms with Crippen LogP contribution in [0.3, 0.4) is 0 Å². The van der Waals surface area contributed by atoms with Crippen LogP contribution < -0.4 is 10.6 Å². The molecule has 0 unspecified atom stereocenters. The first-order valence-electron chi connectivity index (χ1n) is 8.09. The lowest BCUT2D eigenvalue weighted by Gasteiger charge is -2.08. The average molecular weight is 331 g/mol. The van der Waals surface area contributed by atoms with Crippen molar-refractivity contribution < 1.29 is 9.59 Å². The predicted molar refractivity (Wildman–Crippen MR) is 96.9 cm³/mol. The van der Waals surface area contributed by atoms with Crippen molar-refractivity contribution in [3.63, 3.8) is 0 Å². The van der Waals surface area contributed by atoms with E-state index in [-0.39, 0.29) is 5.70 Å². The normalized spacial score (nSPS) is 15.6. The summed E-state index contributed by atoms with van der Waals surface area (Å²) in [5.74, 6) is -0.399. The third-order valence-electron chi connectivity index (χ3n) is 4.47. The molecule has 1 aromatic heterocycles. The predicted octanol–water partition coefficient (Wildman–Crippen LogP) is 3.18. The van der Waals surface area contributed by atoms with Gasteiger partial charge in [0, 0.05) is 28.7 Å². The molecule has 3 aromatic rings. The van der Waals surface area contributed by atoms with Crippen molar-refractivity contribution in [3.05, 3.63) is 77.1 Å². The summed E-state index contributed by atoms with van der Waals surface area (Å²) in [6.07, 6.45) is 1.75. The van der Waals surface area contributed by atoms with Crippen molar-refractivity contribution in [2.24, 2.45) is 0 Å². The molecule has 0 radical (unpaired) electrons. The smallest absolute Gasteiger partial charge is 0.326 e. The number of urea groups is 1. The number of rotatable bonds is 3. The van der Waals surface area contributed by atoms with Crippen LogP contribution in [-0.2, 0) is 11.3 Å². The molecule has 1 aliphatic rings. The fraction of sp³-hybridized carbons (Fsp3) is 0.100. The number of para-hydroxylation sites is 1. The molecule has 0 spiro atoms. The van der Waals surface area contributed by atoms with Gasteiger partial charge in [-0.2, -0.15) is 0 Å². The Kier molecular flexibility index (Phi) is 3.61. The second-order valence-electron chi connectivity index (χ2n) is 6.05. The highest BCUT2D eigenvalue weighted by Gasteiger charge is 2.24. The standard InChI is InChI=1S/C20H17N3O2/c1-13-16(11-17-19(24)22-20(25)21-17)15-9-5-6-10-18(15)23(13)12-14-7-3-2-4-8-14/h2-11H,12H2,1H3,(H2,21,22,24,25)/b17-11+. The van der Waals surface area contributed by atoms with E-state index in [9.17, 15) is 9.59 Å². The Balaban J connectivity index is 1.86. The Morgan fingerprint density at radius 2 is 1.68 bits per heavy atom. The molecule has 2 heterocycles. The Morgan fingerprint density at radius 1 is 0.960 bits per heavy atom. The Labute approximate surface area is 145 Å². The molecule has 5 nitrogen and oxygen atoms in total. The lowest BCUT2D eigenvalue weighted by Crippen LogP contribution is -2.22. The molecular weight excluding hydrogens is 314 g/mol. The fourth-order valence-electron chi connectivity index (χ4n) is 3.24. The summed E-state index contributed by atoms with van der Waals surface area (Å²) >= 11 is 0. The van der Waals surface area contributed by atoms with E-state index in [4.69, 9.17) is 0 Å². The van der Waals surface area contributed by atoms with Crippen molar-refractivity contribution in [1.29, 1.82) is 0 Å². The van der Waals surface area contributed by atoms with Gasteiger partial charge in [0.25, 0.3) is 5.91 Å². The third-order valence-corrected chi connectivity index (χ3v) is 4.47. The van der Waals surface area contributed by atoms with Gasteiger partial charge in [-0.25, -0.2) is 4.79 Å². The molecule has 1 fully saturated rings. The van der Waals surface area contributed by atoms with Crippen molar-refractivity contribution in [3.8, 4) is 0 Å². The fourth-order valence-corrected chi connectivity index (χ4v) is 3.24. The van der Waals surface area contributed by atoms with Crippen LogP contribution >= 0.6 is 0 Å². The molecule has 0 saturated carbocycles. The number of nitrogens with one attached hydrogen (secondary N) is 2. The molecule has 1 saturated heterocycles. The van der Waals surface area contributed by atoms with Gasteiger partial charge in [0.15, 0.2) is 0 Å². The number of fused-ring (bicyclic) bond motifs is 1. The van der Waals surface area contributed by atoms with Crippen LogP contribution in [0.1, 0.15) is 16.8 Å². The maximum Gasteiger partial charge on any atom is 0.326 e. The molecule has 3 amide bonds. The highest BCUT2D eigenvalue weighted by atomic mass is 16.2. The monoisotopic (exact) mass is 331 g/mol. The van der Waals surface area contributed by atoms with Crippen LogP contribution in [0.4, 0.5) is 4.79 Å². The summed E-state index contributed by atoms with van der Waals surface area (Å²) in [5, 5.41) is 5.85. The number of imide groups is 1. The molecule has 124 valence electrons. The van der Waals surface area contributed by atoms with Crippen LogP contribution in [0.2, 0.25) is 0 Å². The van der Waals surface area contributed by atoms with E-state index in [1.54, 1.807) is 6.08 Å². The first kappa shape index (κ1) is 15.2. The van der Waals surface area contributed by atoms with Crippen LogP contribution in [0, 0.1) is 6.92 Å². The number of carbonyl (C=O) groups excluding carboxylic acids is 2. The minimum Gasteiger partial charge on any atom is -0.340 e. The maximum atomic E-state index is 11.9. The van der Waals surface area contributed by atoms with Crippen LogP contribution in [-0.4, -0.2) is 16.5 Å². The van der Waals surface area contributed by atoms with E-state index in [0.29, 0.717) is 0 Å². The van der Waals surface area contributed by atoms with Gasteiger partial charge in [-0.1, -0.05) is 48.5 Å². The molecule has 2 aromatic carbocycles. The summed E-state index contributed by atoms with van der Waals surface area (Å²) in [4.78, 5) is 23.2. The molecular formula is C20H17N3O2. The molecule has 5 heteroatoms. The van der Waals surface area contributed by atoms with E-state index in [2.05, 4.69) is 33.4 Å². The summed E-state index contributed by atoms with van der Waals surface area (Å²) in [6.45, 7) is 2.78. The molecule has 1 aliphatic heterocycles. The van der Waals surface area contributed by atoms with Crippen molar-refractivity contribution >= 4 is 28.9 Å². The van der Waals surface area contributed by atoms with Gasteiger partial charge >= 0.3 is 6.03 Å². The largest absolute Gasteiger partial charge is 0.340 e.